The minimum absolute atomic E-state index is 0.0901. The first kappa shape index (κ1) is 14.3. The van der Waals surface area contributed by atoms with Crippen molar-refractivity contribution in [2.45, 2.75) is 37.4 Å². The summed E-state index contributed by atoms with van der Waals surface area (Å²) < 4.78 is 38.3. The smallest absolute Gasteiger partial charge is 0.321 e. The van der Waals surface area contributed by atoms with Gasteiger partial charge in [0.15, 0.2) is 0 Å². The standard InChI is InChI=1S/C16H17F3N2/c17-16(18,19)12-5-7-15(20,8-6-12)13-9-11-3-1-2-4-14(11)21-10-13/h1-4,9-10,12H,5-8,20H2. The van der Waals surface area contributed by atoms with Crippen LogP contribution in [0.15, 0.2) is 36.5 Å². The number of alkyl halides is 3. The van der Waals surface area contributed by atoms with Crippen molar-refractivity contribution in [2.24, 2.45) is 11.7 Å². The SMILES string of the molecule is NC1(c2cnc3ccccc3c2)CCC(C(F)(F)F)CC1. The number of rotatable bonds is 1. The Labute approximate surface area is 121 Å². The summed E-state index contributed by atoms with van der Waals surface area (Å²) in [5, 5.41) is 0.970. The van der Waals surface area contributed by atoms with E-state index in [9.17, 15) is 13.2 Å². The second kappa shape index (κ2) is 4.98. The molecule has 1 aliphatic rings. The second-order valence-electron chi connectivity index (χ2n) is 5.89. The molecule has 0 radical (unpaired) electrons. The van der Waals surface area contributed by atoms with Crippen LogP contribution in [0.1, 0.15) is 31.2 Å². The summed E-state index contributed by atoms with van der Waals surface area (Å²) in [4.78, 5) is 4.37. The van der Waals surface area contributed by atoms with Gasteiger partial charge in [0, 0.05) is 17.1 Å². The molecule has 2 aromatic rings. The molecule has 0 unspecified atom stereocenters. The number of para-hydroxylation sites is 1. The van der Waals surface area contributed by atoms with E-state index in [4.69, 9.17) is 5.73 Å². The summed E-state index contributed by atoms with van der Waals surface area (Å²) >= 11 is 0. The molecule has 0 spiro atoms. The lowest BCUT2D eigenvalue weighted by atomic mass is 9.73. The minimum Gasteiger partial charge on any atom is -0.321 e. The summed E-state index contributed by atoms with van der Waals surface area (Å²) in [7, 11) is 0. The van der Waals surface area contributed by atoms with Crippen LogP contribution in [0.2, 0.25) is 0 Å². The highest BCUT2D eigenvalue weighted by molar-refractivity contribution is 5.79. The molecule has 2 N–H and O–H groups in total. The highest BCUT2D eigenvalue weighted by Gasteiger charge is 2.45. The lowest BCUT2D eigenvalue weighted by Crippen LogP contribution is -2.43. The lowest BCUT2D eigenvalue weighted by Gasteiger charge is -2.38. The molecule has 3 rings (SSSR count). The Morgan fingerprint density at radius 2 is 1.81 bits per heavy atom. The molecule has 1 aromatic carbocycles. The molecule has 2 nitrogen and oxygen atoms in total. The first-order valence-corrected chi connectivity index (χ1v) is 7.09. The molecule has 1 heterocycles. The van der Waals surface area contributed by atoms with Crippen LogP contribution in [0.5, 0.6) is 0 Å². The van der Waals surface area contributed by atoms with Crippen molar-refractivity contribution in [3.63, 3.8) is 0 Å². The molecule has 1 fully saturated rings. The van der Waals surface area contributed by atoms with Gasteiger partial charge in [-0.25, -0.2) is 0 Å². The van der Waals surface area contributed by atoms with Gasteiger partial charge < -0.3 is 5.73 Å². The van der Waals surface area contributed by atoms with Crippen LogP contribution in [0.3, 0.4) is 0 Å². The predicted octanol–water partition coefficient (Wildman–Crippen LogP) is 4.14. The van der Waals surface area contributed by atoms with Crippen molar-refractivity contribution in [3.05, 3.63) is 42.1 Å². The van der Waals surface area contributed by atoms with Gasteiger partial charge in [-0.1, -0.05) is 18.2 Å². The third-order valence-corrected chi connectivity index (χ3v) is 4.51. The van der Waals surface area contributed by atoms with E-state index in [1.54, 1.807) is 6.20 Å². The van der Waals surface area contributed by atoms with E-state index in [-0.39, 0.29) is 12.8 Å². The Balaban J connectivity index is 1.85. The number of halogens is 3. The quantitative estimate of drug-likeness (QED) is 0.858. The Morgan fingerprint density at radius 3 is 2.48 bits per heavy atom. The Hall–Kier alpha value is -1.62. The molecular weight excluding hydrogens is 277 g/mol. The summed E-state index contributed by atoms with van der Waals surface area (Å²) in [5.41, 5.74) is 7.38. The third kappa shape index (κ3) is 2.75. The molecule has 5 heteroatoms. The van der Waals surface area contributed by atoms with Crippen LogP contribution in [0.4, 0.5) is 13.2 Å². The number of nitrogens with two attached hydrogens (primary N) is 1. The van der Waals surface area contributed by atoms with E-state index in [2.05, 4.69) is 4.98 Å². The van der Waals surface area contributed by atoms with Gasteiger partial charge in [0.2, 0.25) is 0 Å². The molecule has 1 saturated carbocycles. The van der Waals surface area contributed by atoms with Crippen LogP contribution in [-0.2, 0) is 5.54 Å². The Morgan fingerprint density at radius 1 is 1.14 bits per heavy atom. The minimum atomic E-state index is -4.11. The zero-order chi connectivity index (χ0) is 15.1. The number of hydrogen-bond donors (Lipinski definition) is 1. The van der Waals surface area contributed by atoms with Crippen molar-refractivity contribution >= 4 is 10.9 Å². The number of nitrogens with zero attached hydrogens (tertiary/aromatic N) is 1. The lowest BCUT2D eigenvalue weighted by molar-refractivity contribution is -0.184. The Kier molecular flexibility index (Phi) is 3.40. The number of aromatic nitrogens is 1. The van der Waals surface area contributed by atoms with Crippen molar-refractivity contribution < 1.29 is 13.2 Å². The van der Waals surface area contributed by atoms with E-state index in [0.717, 1.165) is 16.5 Å². The molecule has 112 valence electrons. The second-order valence-corrected chi connectivity index (χ2v) is 5.89. The fraction of sp³-hybridized carbons (Fsp3) is 0.438. The first-order valence-electron chi connectivity index (χ1n) is 7.09. The molecule has 21 heavy (non-hydrogen) atoms. The molecule has 0 atom stereocenters. The highest BCUT2D eigenvalue weighted by atomic mass is 19.4. The predicted molar refractivity (Wildman–Crippen MR) is 75.6 cm³/mol. The summed E-state index contributed by atoms with van der Waals surface area (Å²) in [5.74, 6) is -1.22. The number of fused-ring (bicyclic) bond motifs is 1. The van der Waals surface area contributed by atoms with E-state index in [1.165, 1.54) is 0 Å². The van der Waals surface area contributed by atoms with Gasteiger partial charge in [-0.3, -0.25) is 4.98 Å². The van der Waals surface area contributed by atoms with Crippen molar-refractivity contribution in [1.82, 2.24) is 4.98 Å². The highest BCUT2D eigenvalue weighted by Crippen LogP contribution is 2.44. The number of hydrogen-bond acceptors (Lipinski definition) is 2. The fourth-order valence-electron chi connectivity index (χ4n) is 3.09. The summed E-state index contributed by atoms with van der Waals surface area (Å²) in [6.07, 6.45) is -1.53. The zero-order valence-corrected chi connectivity index (χ0v) is 11.5. The van der Waals surface area contributed by atoms with Crippen LogP contribution in [0, 0.1) is 5.92 Å². The van der Waals surface area contributed by atoms with Gasteiger partial charge >= 0.3 is 6.18 Å². The van der Waals surface area contributed by atoms with E-state index < -0.39 is 17.6 Å². The van der Waals surface area contributed by atoms with Gasteiger partial charge in [0.25, 0.3) is 0 Å². The van der Waals surface area contributed by atoms with Gasteiger partial charge in [0.1, 0.15) is 0 Å². The molecule has 0 amide bonds. The molecule has 0 bridgehead atoms. The van der Waals surface area contributed by atoms with Gasteiger partial charge in [-0.2, -0.15) is 13.2 Å². The monoisotopic (exact) mass is 294 g/mol. The summed E-state index contributed by atoms with van der Waals surface area (Å²) in [6.45, 7) is 0. The average molecular weight is 294 g/mol. The average Bonchev–Trinajstić information content (AvgIpc) is 2.46. The van der Waals surface area contributed by atoms with Crippen LogP contribution >= 0.6 is 0 Å². The largest absolute Gasteiger partial charge is 0.391 e. The zero-order valence-electron chi connectivity index (χ0n) is 11.5. The fourth-order valence-corrected chi connectivity index (χ4v) is 3.09. The van der Waals surface area contributed by atoms with E-state index in [0.29, 0.717) is 12.8 Å². The molecule has 0 saturated heterocycles. The maximum absolute atomic E-state index is 12.8. The maximum Gasteiger partial charge on any atom is 0.391 e. The Bertz CT molecular complexity index is 643. The number of benzene rings is 1. The first-order chi connectivity index (χ1) is 9.88. The van der Waals surface area contributed by atoms with Crippen molar-refractivity contribution in [3.8, 4) is 0 Å². The maximum atomic E-state index is 12.8. The van der Waals surface area contributed by atoms with Gasteiger partial charge in [0.05, 0.1) is 11.4 Å². The van der Waals surface area contributed by atoms with Crippen LogP contribution in [-0.4, -0.2) is 11.2 Å². The van der Waals surface area contributed by atoms with Gasteiger partial charge in [-0.05, 0) is 43.4 Å². The topological polar surface area (TPSA) is 38.9 Å². The van der Waals surface area contributed by atoms with Crippen molar-refractivity contribution in [1.29, 1.82) is 0 Å². The van der Waals surface area contributed by atoms with Crippen LogP contribution in [0.25, 0.3) is 10.9 Å². The summed E-state index contributed by atoms with van der Waals surface area (Å²) in [6, 6.07) is 9.62. The molecule has 1 aromatic heterocycles. The third-order valence-electron chi connectivity index (χ3n) is 4.51. The number of pyridine rings is 1. The van der Waals surface area contributed by atoms with E-state index in [1.807, 2.05) is 30.3 Å². The van der Waals surface area contributed by atoms with E-state index >= 15 is 0 Å². The van der Waals surface area contributed by atoms with Crippen LogP contribution < -0.4 is 5.73 Å². The molecular formula is C16H17F3N2. The molecule has 1 aliphatic carbocycles. The van der Waals surface area contributed by atoms with Gasteiger partial charge in [-0.15, -0.1) is 0 Å². The molecule has 0 aliphatic heterocycles. The normalized spacial score (nSPS) is 27.0. The van der Waals surface area contributed by atoms with Crippen molar-refractivity contribution in [2.75, 3.05) is 0 Å².